The molecule has 1 aliphatic heterocycles. The van der Waals surface area contributed by atoms with Crippen molar-refractivity contribution in [3.8, 4) is 5.75 Å². The highest BCUT2D eigenvalue weighted by Crippen LogP contribution is 2.35. The lowest BCUT2D eigenvalue weighted by molar-refractivity contribution is 0.0216. The van der Waals surface area contributed by atoms with Gasteiger partial charge >= 0.3 is 0 Å². The molecule has 2 aromatic carbocycles. The van der Waals surface area contributed by atoms with Gasteiger partial charge in [0.2, 0.25) is 0 Å². The molecule has 0 amide bonds. The molecule has 0 fully saturated rings. The van der Waals surface area contributed by atoms with E-state index < -0.39 is 12.2 Å². The van der Waals surface area contributed by atoms with Crippen LogP contribution in [0.1, 0.15) is 47.4 Å². The Bertz CT molecular complexity index is 658. The summed E-state index contributed by atoms with van der Waals surface area (Å²) in [7, 11) is 0. The Morgan fingerprint density at radius 2 is 1.71 bits per heavy atom. The number of aliphatic hydroxyl groups is 1. The third kappa shape index (κ3) is 2.45. The first kappa shape index (κ1) is 13.8. The summed E-state index contributed by atoms with van der Waals surface area (Å²) in [5, 5.41) is 10.2. The van der Waals surface area contributed by atoms with Crippen LogP contribution in [0.4, 0.5) is 0 Å². The van der Waals surface area contributed by atoms with Crippen molar-refractivity contribution >= 4 is 5.78 Å². The number of carbonyl (C=O) groups is 1. The van der Waals surface area contributed by atoms with E-state index in [1.165, 1.54) is 5.56 Å². The van der Waals surface area contributed by atoms with Gasteiger partial charge in [-0.1, -0.05) is 50.2 Å². The zero-order valence-corrected chi connectivity index (χ0v) is 12.1. The maximum atomic E-state index is 12.2. The highest BCUT2D eigenvalue weighted by Gasteiger charge is 2.36. The van der Waals surface area contributed by atoms with Crippen LogP contribution in [0.25, 0.3) is 0 Å². The standard InChI is InChI=1S/C18H18O3/c1-11(2)12-7-9-13(10-8-12)18-17(20)16(19)14-5-3-4-6-15(14)21-18/h3-11,17-18,20H,1-2H3/t17-,18+/m0/s1. The molecule has 3 heteroatoms. The number of ether oxygens (including phenoxy) is 1. The van der Waals surface area contributed by atoms with Crippen LogP contribution in [0.5, 0.6) is 5.75 Å². The molecule has 21 heavy (non-hydrogen) atoms. The number of fused-ring (bicyclic) bond motifs is 1. The second-order valence-electron chi connectivity index (χ2n) is 5.67. The molecule has 2 aromatic rings. The minimum Gasteiger partial charge on any atom is -0.482 e. The second-order valence-corrected chi connectivity index (χ2v) is 5.67. The molecule has 3 nitrogen and oxygen atoms in total. The van der Waals surface area contributed by atoms with Gasteiger partial charge in [0, 0.05) is 0 Å². The zero-order chi connectivity index (χ0) is 15.0. The summed E-state index contributed by atoms with van der Waals surface area (Å²) >= 11 is 0. The van der Waals surface area contributed by atoms with E-state index in [4.69, 9.17) is 4.74 Å². The van der Waals surface area contributed by atoms with Gasteiger partial charge in [0.05, 0.1) is 5.56 Å². The Labute approximate surface area is 124 Å². The van der Waals surface area contributed by atoms with E-state index in [1.54, 1.807) is 18.2 Å². The van der Waals surface area contributed by atoms with Crippen LogP contribution in [0.2, 0.25) is 0 Å². The molecular formula is C18H18O3. The molecule has 0 bridgehead atoms. The Hall–Kier alpha value is -2.13. The van der Waals surface area contributed by atoms with Crippen molar-refractivity contribution in [2.45, 2.75) is 32.0 Å². The van der Waals surface area contributed by atoms with E-state index in [0.29, 0.717) is 17.2 Å². The average Bonchev–Trinajstić information content (AvgIpc) is 2.51. The van der Waals surface area contributed by atoms with Gasteiger partial charge in [-0.2, -0.15) is 0 Å². The van der Waals surface area contributed by atoms with Gasteiger partial charge < -0.3 is 9.84 Å². The lowest BCUT2D eigenvalue weighted by atomic mass is 9.92. The Morgan fingerprint density at radius 1 is 1.05 bits per heavy atom. The number of hydrogen-bond donors (Lipinski definition) is 1. The van der Waals surface area contributed by atoms with Gasteiger partial charge in [-0.3, -0.25) is 4.79 Å². The molecule has 0 aliphatic carbocycles. The number of carbonyl (C=O) groups excluding carboxylic acids is 1. The predicted octanol–water partition coefficient (Wildman–Crippen LogP) is 3.49. The third-order valence-corrected chi connectivity index (χ3v) is 3.89. The van der Waals surface area contributed by atoms with Crippen LogP contribution in [0.15, 0.2) is 48.5 Å². The number of aliphatic hydroxyl groups excluding tert-OH is 1. The molecule has 3 rings (SSSR count). The minimum atomic E-state index is -1.16. The highest BCUT2D eigenvalue weighted by atomic mass is 16.5. The summed E-state index contributed by atoms with van der Waals surface area (Å²) in [5.74, 6) is 0.694. The van der Waals surface area contributed by atoms with Gasteiger partial charge in [0.1, 0.15) is 5.75 Å². The van der Waals surface area contributed by atoms with E-state index in [-0.39, 0.29) is 5.78 Å². The van der Waals surface area contributed by atoms with Crippen LogP contribution >= 0.6 is 0 Å². The first-order valence-electron chi connectivity index (χ1n) is 7.15. The van der Waals surface area contributed by atoms with Crippen LogP contribution in [-0.2, 0) is 0 Å². The largest absolute Gasteiger partial charge is 0.482 e. The van der Waals surface area contributed by atoms with Gasteiger partial charge in [0.15, 0.2) is 18.0 Å². The second kappa shape index (κ2) is 5.34. The quantitative estimate of drug-likeness (QED) is 0.917. The van der Waals surface area contributed by atoms with Crippen molar-refractivity contribution in [1.29, 1.82) is 0 Å². The molecule has 1 aliphatic rings. The number of Topliss-reactive ketones (excluding diaryl/α,β-unsaturated/α-hetero) is 1. The Balaban J connectivity index is 1.95. The average molecular weight is 282 g/mol. The van der Waals surface area contributed by atoms with Crippen molar-refractivity contribution in [2.24, 2.45) is 0 Å². The first-order valence-corrected chi connectivity index (χ1v) is 7.15. The monoisotopic (exact) mass is 282 g/mol. The zero-order valence-electron chi connectivity index (χ0n) is 12.1. The summed E-state index contributed by atoms with van der Waals surface area (Å²) in [5.41, 5.74) is 2.48. The number of benzene rings is 2. The maximum Gasteiger partial charge on any atom is 0.199 e. The third-order valence-electron chi connectivity index (χ3n) is 3.89. The fourth-order valence-corrected chi connectivity index (χ4v) is 2.59. The number of ketones is 1. The van der Waals surface area contributed by atoms with Gasteiger partial charge in [0.25, 0.3) is 0 Å². The summed E-state index contributed by atoms with van der Waals surface area (Å²) in [6.07, 6.45) is -1.81. The molecule has 0 radical (unpaired) electrons. The molecule has 0 saturated heterocycles. The SMILES string of the molecule is CC(C)c1ccc([C@H]2Oc3ccccc3C(=O)[C@@H]2O)cc1. The number of para-hydroxylation sites is 1. The maximum absolute atomic E-state index is 12.2. The van der Waals surface area contributed by atoms with Crippen molar-refractivity contribution in [3.05, 3.63) is 65.2 Å². The van der Waals surface area contributed by atoms with Crippen molar-refractivity contribution in [2.75, 3.05) is 0 Å². The Morgan fingerprint density at radius 3 is 2.38 bits per heavy atom. The van der Waals surface area contributed by atoms with Crippen LogP contribution in [0, 0.1) is 0 Å². The van der Waals surface area contributed by atoms with Gasteiger partial charge in [-0.05, 0) is 29.2 Å². The van der Waals surface area contributed by atoms with Gasteiger partial charge in [-0.25, -0.2) is 0 Å². The van der Waals surface area contributed by atoms with Gasteiger partial charge in [-0.15, -0.1) is 0 Å². The molecule has 0 unspecified atom stereocenters. The van der Waals surface area contributed by atoms with Crippen LogP contribution in [-0.4, -0.2) is 17.0 Å². The molecule has 0 spiro atoms. The van der Waals surface area contributed by atoms with Crippen molar-refractivity contribution < 1.29 is 14.6 Å². The van der Waals surface area contributed by atoms with Crippen molar-refractivity contribution in [1.82, 2.24) is 0 Å². The predicted molar refractivity (Wildman–Crippen MR) is 80.7 cm³/mol. The lowest BCUT2D eigenvalue weighted by Crippen LogP contribution is -2.36. The van der Waals surface area contributed by atoms with E-state index in [1.807, 2.05) is 30.3 Å². The summed E-state index contributed by atoms with van der Waals surface area (Å²) in [6, 6.07) is 14.9. The first-order chi connectivity index (χ1) is 10.1. The van der Waals surface area contributed by atoms with E-state index >= 15 is 0 Å². The van der Waals surface area contributed by atoms with E-state index in [0.717, 1.165) is 5.56 Å². The number of rotatable bonds is 2. The Kier molecular flexibility index (Phi) is 3.52. The highest BCUT2D eigenvalue weighted by molar-refractivity contribution is 6.03. The minimum absolute atomic E-state index is 0.283. The van der Waals surface area contributed by atoms with Crippen LogP contribution < -0.4 is 4.74 Å². The molecular weight excluding hydrogens is 264 g/mol. The molecule has 1 heterocycles. The normalized spacial score (nSPS) is 21.0. The molecule has 0 aromatic heterocycles. The molecule has 108 valence electrons. The van der Waals surface area contributed by atoms with E-state index in [2.05, 4.69) is 13.8 Å². The van der Waals surface area contributed by atoms with Crippen molar-refractivity contribution in [3.63, 3.8) is 0 Å². The molecule has 1 N–H and O–H groups in total. The lowest BCUT2D eigenvalue weighted by Gasteiger charge is -2.29. The summed E-state index contributed by atoms with van der Waals surface area (Å²) in [6.45, 7) is 4.25. The molecule has 2 atom stereocenters. The fraction of sp³-hybridized carbons (Fsp3) is 0.278. The smallest absolute Gasteiger partial charge is 0.199 e. The number of hydrogen-bond acceptors (Lipinski definition) is 3. The van der Waals surface area contributed by atoms with E-state index in [9.17, 15) is 9.90 Å². The van der Waals surface area contributed by atoms with Crippen LogP contribution in [0.3, 0.4) is 0 Å². The topological polar surface area (TPSA) is 46.5 Å². The summed E-state index contributed by atoms with van der Waals surface area (Å²) in [4.78, 5) is 12.2. The fourth-order valence-electron chi connectivity index (χ4n) is 2.59. The molecule has 0 saturated carbocycles. The summed E-state index contributed by atoms with van der Waals surface area (Å²) < 4.78 is 5.83.